The van der Waals surface area contributed by atoms with Gasteiger partial charge in [-0.15, -0.1) is 0 Å². The van der Waals surface area contributed by atoms with Gasteiger partial charge in [-0.1, -0.05) is 13.8 Å². The van der Waals surface area contributed by atoms with Crippen LogP contribution in [0, 0.1) is 5.82 Å². The van der Waals surface area contributed by atoms with Crippen LogP contribution in [0.1, 0.15) is 45.6 Å². The second-order valence-electron chi connectivity index (χ2n) is 7.40. The molecule has 4 N–H and O–H groups in total. The number of allylic oxidation sites excluding steroid dienone is 1. The van der Waals surface area contributed by atoms with Gasteiger partial charge < -0.3 is 16.4 Å². The summed E-state index contributed by atoms with van der Waals surface area (Å²) in [4.78, 5) is 23.5. The molecule has 0 saturated carbocycles. The molecule has 7 heteroatoms. The lowest BCUT2D eigenvalue weighted by molar-refractivity contribution is -0.132. The van der Waals surface area contributed by atoms with Crippen molar-refractivity contribution in [2.75, 3.05) is 14.1 Å². The normalized spacial score (nSPS) is 21.3. The molecule has 0 saturated heterocycles. The van der Waals surface area contributed by atoms with Crippen LogP contribution in [0.2, 0.25) is 0 Å². The summed E-state index contributed by atoms with van der Waals surface area (Å²) in [5.41, 5.74) is 16.6. The number of rotatable bonds is 6. The van der Waals surface area contributed by atoms with E-state index in [9.17, 15) is 9.18 Å². The van der Waals surface area contributed by atoms with Crippen molar-refractivity contribution in [2.45, 2.75) is 52.1 Å². The van der Waals surface area contributed by atoms with E-state index in [0.717, 1.165) is 23.3 Å². The van der Waals surface area contributed by atoms with Crippen molar-refractivity contribution in [2.24, 2.45) is 21.5 Å². The van der Waals surface area contributed by atoms with Crippen LogP contribution in [0.5, 0.6) is 0 Å². The van der Waals surface area contributed by atoms with Gasteiger partial charge in [0.1, 0.15) is 11.5 Å². The van der Waals surface area contributed by atoms with E-state index in [-0.39, 0.29) is 29.5 Å². The van der Waals surface area contributed by atoms with E-state index in [4.69, 9.17) is 11.5 Å². The molecule has 162 valence electrons. The molecule has 6 nitrogen and oxygen atoms in total. The molecule has 0 radical (unpaired) electrons. The van der Waals surface area contributed by atoms with Crippen molar-refractivity contribution in [3.8, 4) is 0 Å². The minimum absolute atomic E-state index is 0.0770. The van der Waals surface area contributed by atoms with Gasteiger partial charge in [0.2, 0.25) is 0 Å². The second-order valence-corrected chi connectivity index (χ2v) is 7.40. The lowest BCUT2D eigenvalue weighted by Gasteiger charge is -2.43. The highest BCUT2D eigenvalue weighted by Crippen LogP contribution is 2.33. The minimum atomic E-state index is -0.303. The molecule has 2 unspecified atom stereocenters. The SMILES string of the molecule is CCC1CC(C(=NC)c2ccc(F)cc2)=C(N)C(CC)N1C(=O)/C(N)=C(\C)C=NC. The highest BCUT2D eigenvalue weighted by atomic mass is 19.1. The van der Waals surface area contributed by atoms with Gasteiger partial charge in [-0.2, -0.15) is 0 Å². The average molecular weight is 414 g/mol. The van der Waals surface area contributed by atoms with Gasteiger partial charge in [-0.25, -0.2) is 4.39 Å². The summed E-state index contributed by atoms with van der Waals surface area (Å²) >= 11 is 0. The Labute approximate surface area is 178 Å². The Morgan fingerprint density at radius 2 is 1.87 bits per heavy atom. The molecule has 0 bridgehead atoms. The fourth-order valence-electron chi connectivity index (χ4n) is 3.97. The van der Waals surface area contributed by atoms with Crippen LogP contribution < -0.4 is 11.5 Å². The van der Waals surface area contributed by atoms with Crippen molar-refractivity contribution in [3.63, 3.8) is 0 Å². The zero-order valence-electron chi connectivity index (χ0n) is 18.4. The van der Waals surface area contributed by atoms with Crippen LogP contribution in [-0.2, 0) is 4.79 Å². The van der Waals surface area contributed by atoms with Crippen molar-refractivity contribution in [1.82, 2.24) is 4.90 Å². The highest BCUT2D eigenvalue weighted by Gasteiger charge is 2.38. The Kier molecular flexibility index (Phi) is 7.92. The largest absolute Gasteiger partial charge is 0.400 e. The summed E-state index contributed by atoms with van der Waals surface area (Å²) in [6, 6.07) is 5.85. The number of halogens is 1. The Morgan fingerprint density at radius 1 is 1.23 bits per heavy atom. The maximum absolute atomic E-state index is 13.4. The van der Waals surface area contributed by atoms with Crippen LogP contribution in [0.15, 0.2) is 56.8 Å². The first-order valence-corrected chi connectivity index (χ1v) is 10.2. The monoisotopic (exact) mass is 413 g/mol. The van der Waals surface area contributed by atoms with E-state index < -0.39 is 0 Å². The van der Waals surface area contributed by atoms with Crippen molar-refractivity contribution >= 4 is 17.8 Å². The summed E-state index contributed by atoms with van der Waals surface area (Å²) in [7, 11) is 3.34. The third-order valence-electron chi connectivity index (χ3n) is 5.57. The molecule has 1 aliphatic heterocycles. The first-order valence-electron chi connectivity index (χ1n) is 10.2. The van der Waals surface area contributed by atoms with Gasteiger partial charge in [0, 0.05) is 43.2 Å². The number of hydrogen-bond acceptors (Lipinski definition) is 5. The summed E-state index contributed by atoms with van der Waals surface area (Å²) < 4.78 is 13.4. The Bertz CT molecular complexity index is 899. The number of carbonyl (C=O) groups is 1. The Morgan fingerprint density at radius 3 is 2.37 bits per heavy atom. The fourth-order valence-corrected chi connectivity index (χ4v) is 3.97. The predicted molar refractivity (Wildman–Crippen MR) is 121 cm³/mol. The zero-order valence-corrected chi connectivity index (χ0v) is 18.4. The molecule has 0 aliphatic carbocycles. The Balaban J connectivity index is 2.55. The summed E-state index contributed by atoms with van der Waals surface area (Å²) in [6.45, 7) is 5.80. The zero-order chi connectivity index (χ0) is 22.4. The van der Waals surface area contributed by atoms with Crippen molar-refractivity contribution in [3.05, 3.63) is 58.2 Å². The van der Waals surface area contributed by atoms with E-state index >= 15 is 0 Å². The molecule has 1 amide bonds. The third kappa shape index (κ3) is 4.61. The molecule has 1 aromatic carbocycles. The number of amides is 1. The number of nitrogens with two attached hydrogens (primary N) is 2. The minimum Gasteiger partial charge on any atom is -0.400 e. The smallest absolute Gasteiger partial charge is 0.270 e. The summed E-state index contributed by atoms with van der Waals surface area (Å²) in [5, 5.41) is 0. The van der Waals surface area contributed by atoms with Gasteiger partial charge in [0.25, 0.3) is 5.91 Å². The van der Waals surface area contributed by atoms with E-state index in [1.807, 2.05) is 13.8 Å². The summed E-state index contributed by atoms with van der Waals surface area (Å²) in [6.07, 6.45) is 3.53. The van der Waals surface area contributed by atoms with Crippen LogP contribution in [0.4, 0.5) is 4.39 Å². The third-order valence-corrected chi connectivity index (χ3v) is 5.57. The quantitative estimate of drug-likeness (QED) is 0.554. The molecule has 2 rings (SSSR count). The highest BCUT2D eigenvalue weighted by molar-refractivity contribution is 6.13. The molecule has 1 heterocycles. The lowest BCUT2D eigenvalue weighted by Crippen LogP contribution is -2.54. The molecular weight excluding hydrogens is 381 g/mol. The summed E-state index contributed by atoms with van der Waals surface area (Å²) in [5.74, 6) is -0.535. The molecule has 30 heavy (non-hydrogen) atoms. The van der Waals surface area contributed by atoms with Crippen molar-refractivity contribution < 1.29 is 9.18 Å². The van der Waals surface area contributed by atoms with Gasteiger partial charge in [0.15, 0.2) is 0 Å². The van der Waals surface area contributed by atoms with Crippen molar-refractivity contribution in [1.29, 1.82) is 0 Å². The molecule has 0 aromatic heterocycles. The predicted octanol–water partition coefficient (Wildman–Crippen LogP) is 3.18. The van der Waals surface area contributed by atoms with Crippen LogP contribution in [0.25, 0.3) is 0 Å². The molecule has 0 fully saturated rings. The van der Waals surface area contributed by atoms with Gasteiger partial charge >= 0.3 is 0 Å². The maximum Gasteiger partial charge on any atom is 0.270 e. The average Bonchev–Trinajstić information content (AvgIpc) is 2.75. The first-order chi connectivity index (χ1) is 14.3. The van der Waals surface area contributed by atoms with Crippen LogP contribution in [0.3, 0.4) is 0 Å². The maximum atomic E-state index is 13.4. The molecule has 2 atom stereocenters. The van der Waals surface area contributed by atoms with E-state index in [2.05, 4.69) is 9.98 Å². The lowest BCUT2D eigenvalue weighted by atomic mass is 9.85. The van der Waals surface area contributed by atoms with E-state index in [1.165, 1.54) is 12.1 Å². The van der Waals surface area contributed by atoms with Gasteiger partial charge in [-0.05, 0) is 56.0 Å². The molecule has 0 spiro atoms. The standard InChI is InChI=1S/C23H32FN5O/c1-6-17-12-18(22(28-5)15-8-10-16(24)11-9-15)21(26)19(7-2)29(17)23(30)20(25)14(3)13-27-4/h8-11,13,17,19H,6-7,12,25-26H2,1-5H3/b20-14-,27-13?,28-22?. The first kappa shape index (κ1) is 23.3. The van der Waals surface area contributed by atoms with E-state index in [1.54, 1.807) is 44.3 Å². The molecule has 1 aromatic rings. The van der Waals surface area contributed by atoms with Gasteiger partial charge in [0.05, 0.1) is 11.8 Å². The number of hydrogen-bond donors (Lipinski definition) is 2. The van der Waals surface area contributed by atoms with Gasteiger partial charge in [-0.3, -0.25) is 14.8 Å². The second kappa shape index (κ2) is 10.2. The number of aliphatic imine (C=N–C) groups is 2. The number of nitrogens with zero attached hydrogens (tertiary/aromatic N) is 3. The number of carbonyl (C=O) groups excluding carboxylic acids is 1. The number of benzene rings is 1. The topological polar surface area (TPSA) is 97.1 Å². The van der Waals surface area contributed by atoms with Crippen LogP contribution >= 0.6 is 0 Å². The Hall–Kier alpha value is -2.96. The molecular formula is C23H32FN5O. The molecule has 1 aliphatic rings. The fraction of sp³-hybridized carbons (Fsp3) is 0.435. The van der Waals surface area contributed by atoms with E-state index in [0.29, 0.717) is 24.1 Å². The van der Waals surface area contributed by atoms with Crippen LogP contribution in [-0.4, -0.2) is 48.9 Å².